The van der Waals surface area contributed by atoms with E-state index in [1.807, 2.05) is 0 Å². The first-order valence-corrected chi connectivity index (χ1v) is 11.7. The molecule has 0 rings (SSSR count). The molecule has 0 saturated carbocycles. The van der Waals surface area contributed by atoms with Crippen molar-refractivity contribution >= 4 is 11.8 Å². The Labute approximate surface area is 179 Å². The van der Waals surface area contributed by atoms with Crippen molar-refractivity contribution in [2.45, 2.75) is 84.0 Å². The Balaban J connectivity index is 3.91. The zero-order valence-corrected chi connectivity index (χ0v) is 18.9. The second-order valence-electron chi connectivity index (χ2n) is 7.72. The average Bonchev–Trinajstić information content (AvgIpc) is 2.74. The number of nitrogens with one attached hydrogen (secondary N) is 2. The van der Waals surface area contributed by atoms with E-state index in [0.29, 0.717) is 13.1 Å². The highest BCUT2D eigenvalue weighted by molar-refractivity contribution is 5.87. The molecule has 0 fully saturated rings. The van der Waals surface area contributed by atoms with Gasteiger partial charge in [0.25, 0.3) is 0 Å². The number of nitrogens with zero attached hydrogens (tertiary/aromatic N) is 1. The molecular formula is C24H45N3O2. The van der Waals surface area contributed by atoms with Crippen LogP contribution in [0.4, 0.5) is 0 Å². The van der Waals surface area contributed by atoms with Crippen LogP contribution in [-0.2, 0) is 9.59 Å². The molecular weight excluding hydrogens is 362 g/mol. The molecule has 0 aromatic carbocycles. The minimum Gasteiger partial charge on any atom is -0.353 e. The van der Waals surface area contributed by atoms with Crippen molar-refractivity contribution in [3.63, 3.8) is 0 Å². The maximum absolute atomic E-state index is 11.2. The molecule has 0 aromatic heterocycles. The van der Waals surface area contributed by atoms with Crippen molar-refractivity contribution in [1.82, 2.24) is 15.5 Å². The molecule has 0 atom stereocenters. The second-order valence-corrected chi connectivity index (χ2v) is 7.72. The smallest absolute Gasteiger partial charge is 0.243 e. The van der Waals surface area contributed by atoms with Gasteiger partial charge in [-0.05, 0) is 51.0 Å². The third-order valence-corrected chi connectivity index (χ3v) is 5.10. The number of carbonyl (C=O) groups excluding carboxylic acids is 2. The monoisotopic (exact) mass is 407 g/mol. The zero-order chi connectivity index (χ0) is 21.6. The summed E-state index contributed by atoms with van der Waals surface area (Å²) in [6.07, 6.45) is 17.9. The fraction of sp³-hybridized carbons (Fsp3) is 0.750. The van der Waals surface area contributed by atoms with Gasteiger partial charge >= 0.3 is 0 Å². The summed E-state index contributed by atoms with van der Waals surface area (Å²) in [7, 11) is 0. The van der Waals surface area contributed by atoms with Crippen LogP contribution < -0.4 is 10.6 Å². The van der Waals surface area contributed by atoms with E-state index in [2.05, 4.69) is 35.6 Å². The Morgan fingerprint density at radius 1 is 0.655 bits per heavy atom. The van der Waals surface area contributed by atoms with Crippen molar-refractivity contribution in [2.24, 2.45) is 0 Å². The van der Waals surface area contributed by atoms with Crippen LogP contribution >= 0.6 is 0 Å². The molecule has 0 aliphatic carbocycles. The van der Waals surface area contributed by atoms with Gasteiger partial charge in [0.2, 0.25) is 11.8 Å². The van der Waals surface area contributed by atoms with Gasteiger partial charge in [-0.15, -0.1) is 0 Å². The van der Waals surface area contributed by atoms with Crippen molar-refractivity contribution < 1.29 is 9.59 Å². The van der Waals surface area contributed by atoms with Gasteiger partial charge in [-0.25, -0.2) is 0 Å². The van der Waals surface area contributed by atoms with Crippen molar-refractivity contribution in [2.75, 3.05) is 32.7 Å². The number of amides is 2. The predicted molar refractivity (Wildman–Crippen MR) is 124 cm³/mol. The van der Waals surface area contributed by atoms with E-state index < -0.39 is 0 Å². The highest BCUT2D eigenvalue weighted by Crippen LogP contribution is 2.11. The Morgan fingerprint density at radius 3 is 1.45 bits per heavy atom. The topological polar surface area (TPSA) is 61.4 Å². The van der Waals surface area contributed by atoms with E-state index >= 15 is 0 Å². The SMILES string of the molecule is C=CC(=O)NCCCN(CCCCCCCCCCCC)CCCNC(=O)C=C. The molecule has 0 aliphatic heterocycles. The summed E-state index contributed by atoms with van der Waals surface area (Å²) in [6, 6.07) is 0. The number of hydrogen-bond acceptors (Lipinski definition) is 3. The lowest BCUT2D eigenvalue weighted by Crippen LogP contribution is -2.32. The van der Waals surface area contributed by atoms with Gasteiger partial charge in [-0.3, -0.25) is 9.59 Å². The van der Waals surface area contributed by atoms with Gasteiger partial charge in [0, 0.05) is 13.1 Å². The van der Waals surface area contributed by atoms with Gasteiger partial charge in [-0.2, -0.15) is 0 Å². The molecule has 0 aliphatic rings. The van der Waals surface area contributed by atoms with Gasteiger partial charge in [-0.1, -0.05) is 77.9 Å². The molecule has 29 heavy (non-hydrogen) atoms. The first kappa shape index (κ1) is 27.4. The van der Waals surface area contributed by atoms with Crippen LogP contribution in [-0.4, -0.2) is 49.4 Å². The second kappa shape index (κ2) is 21.1. The lowest BCUT2D eigenvalue weighted by molar-refractivity contribution is -0.117. The van der Waals surface area contributed by atoms with Crippen LogP contribution in [0.1, 0.15) is 84.0 Å². The highest BCUT2D eigenvalue weighted by atomic mass is 16.2. The molecule has 0 unspecified atom stereocenters. The molecule has 5 heteroatoms. The molecule has 2 N–H and O–H groups in total. The van der Waals surface area contributed by atoms with Gasteiger partial charge in [0.15, 0.2) is 0 Å². The Morgan fingerprint density at radius 2 is 1.03 bits per heavy atom. The predicted octanol–water partition coefficient (Wildman–Crippen LogP) is 4.59. The number of hydrogen-bond donors (Lipinski definition) is 2. The molecule has 168 valence electrons. The van der Waals surface area contributed by atoms with Crippen molar-refractivity contribution in [3.05, 3.63) is 25.3 Å². The van der Waals surface area contributed by atoms with Crippen LogP contribution in [0, 0.1) is 0 Å². The van der Waals surface area contributed by atoms with Gasteiger partial charge in [0.1, 0.15) is 0 Å². The van der Waals surface area contributed by atoms with Crippen molar-refractivity contribution in [1.29, 1.82) is 0 Å². The standard InChI is InChI=1S/C24H45N3O2/c1-4-7-8-9-10-11-12-13-14-15-20-27(21-16-18-25-23(28)5-2)22-17-19-26-24(29)6-3/h5-6H,2-4,7-22H2,1H3,(H,25,28)(H,26,29). The number of carbonyl (C=O) groups is 2. The minimum absolute atomic E-state index is 0.113. The summed E-state index contributed by atoms with van der Waals surface area (Å²) in [5, 5.41) is 5.67. The normalized spacial score (nSPS) is 10.7. The molecule has 0 spiro atoms. The first-order chi connectivity index (χ1) is 14.1. The van der Waals surface area contributed by atoms with Crippen LogP contribution in [0.2, 0.25) is 0 Å². The molecule has 0 aromatic rings. The summed E-state index contributed by atoms with van der Waals surface area (Å²) in [5.41, 5.74) is 0. The van der Waals surface area contributed by atoms with Gasteiger partial charge in [0.05, 0.1) is 0 Å². The fourth-order valence-corrected chi connectivity index (χ4v) is 3.33. The lowest BCUT2D eigenvalue weighted by atomic mass is 10.1. The lowest BCUT2D eigenvalue weighted by Gasteiger charge is -2.22. The van der Waals surface area contributed by atoms with Crippen LogP contribution in [0.5, 0.6) is 0 Å². The fourth-order valence-electron chi connectivity index (χ4n) is 3.33. The molecule has 2 amide bonds. The molecule has 0 saturated heterocycles. The number of unbranched alkanes of at least 4 members (excludes halogenated alkanes) is 9. The van der Waals surface area contributed by atoms with E-state index in [4.69, 9.17) is 0 Å². The van der Waals surface area contributed by atoms with Crippen LogP contribution in [0.3, 0.4) is 0 Å². The summed E-state index contributed by atoms with van der Waals surface area (Å²) >= 11 is 0. The van der Waals surface area contributed by atoms with E-state index in [-0.39, 0.29) is 11.8 Å². The van der Waals surface area contributed by atoms with Crippen LogP contribution in [0.25, 0.3) is 0 Å². The maximum Gasteiger partial charge on any atom is 0.243 e. The third kappa shape index (κ3) is 19.5. The maximum atomic E-state index is 11.2. The summed E-state index contributed by atoms with van der Waals surface area (Å²) in [6.45, 7) is 13.6. The van der Waals surface area contributed by atoms with E-state index in [1.54, 1.807) is 0 Å². The third-order valence-electron chi connectivity index (χ3n) is 5.10. The largest absolute Gasteiger partial charge is 0.353 e. The highest BCUT2D eigenvalue weighted by Gasteiger charge is 2.05. The quantitative estimate of drug-likeness (QED) is 0.216. The summed E-state index contributed by atoms with van der Waals surface area (Å²) in [4.78, 5) is 24.9. The minimum atomic E-state index is -0.113. The molecule has 0 bridgehead atoms. The molecule has 0 heterocycles. The Hall–Kier alpha value is -1.62. The zero-order valence-electron chi connectivity index (χ0n) is 18.9. The summed E-state index contributed by atoms with van der Waals surface area (Å²) in [5.74, 6) is -0.225. The Kier molecular flexibility index (Phi) is 19.9. The van der Waals surface area contributed by atoms with Gasteiger partial charge < -0.3 is 15.5 Å². The van der Waals surface area contributed by atoms with E-state index in [0.717, 1.165) is 32.5 Å². The summed E-state index contributed by atoms with van der Waals surface area (Å²) < 4.78 is 0. The first-order valence-electron chi connectivity index (χ1n) is 11.7. The Bertz CT molecular complexity index is 410. The average molecular weight is 408 g/mol. The van der Waals surface area contributed by atoms with Crippen molar-refractivity contribution in [3.8, 4) is 0 Å². The number of rotatable bonds is 21. The van der Waals surface area contributed by atoms with E-state index in [1.165, 1.54) is 76.4 Å². The van der Waals surface area contributed by atoms with Crippen LogP contribution in [0.15, 0.2) is 25.3 Å². The molecule has 5 nitrogen and oxygen atoms in total. The van der Waals surface area contributed by atoms with E-state index in [9.17, 15) is 9.59 Å². The molecule has 0 radical (unpaired) electrons.